The Morgan fingerprint density at radius 2 is 1.96 bits per heavy atom. The van der Waals surface area contributed by atoms with Gasteiger partial charge in [-0.25, -0.2) is 0 Å². The number of hydrogen-bond donors (Lipinski definition) is 2. The van der Waals surface area contributed by atoms with Crippen molar-refractivity contribution < 1.29 is 9.47 Å². The monoisotopic (exact) mass is 374 g/mol. The predicted molar refractivity (Wildman–Crippen MR) is 106 cm³/mol. The lowest BCUT2D eigenvalue weighted by Crippen LogP contribution is -2.33. The van der Waals surface area contributed by atoms with E-state index in [1.54, 1.807) is 7.11 Å². The van der Waals surface area contributed by atoms with Gasteiger partial charge in [0.05, 0.1) is 7.11 Å². The molecule has 3 rings (SSSR count). The molecule has 1 aliphatic heterocycles. The molecule has 1 heterocycles. The molecular weight excluding hydrogens is 348 g/mol. The molecule has 2 aromatic rings. The van der Waals surface area contributed by atoms with Crippen molar-refractivity contribution in [2.45, 2.75) is 26.0 Å². The van der Waals surface area contributed by atoms with Crippen LogP contribution in [-0.4, -0.2) is 26.7 Å². The van der Waals surface area contributed by atoms with Gasteiger partial charge in [0.1, 0.15) is 6.61 Å². The Morgan fingerprint density at radius 3 is 2.73 bits per heavy atom. The average molecular weight is 375 g/mol. The van der Waals surface area contributed by atoms with Gasteiger partial charge in [0.25, 0.3) is 0 Å². The van der Waals surface area contributed by atoms with Gasteiger partial charge in [-0.15, -0.1) is 0 Å². The van der Waals surface area contributed by atoms with E-state index in [4.69, 9.17) is 21.1 Å². The lowest BCUT2D eigenvalue weighted by atomic mass is 9.98. The van der Waals surface area contributed by atoms with Crippen LogP contribution in [0.3, 0.4) is 0 Å². The first kappa shape index (κ1) is 19.0. The molecule has 1 saturated heterocycles. The highest BCUT2D eigenvalue weighted by molar-refractivity contribution is 6.30. The number of nitrogens with one attached hydrogen (secondary N) is 2. The molecule has 0 atom stereocenters. The molecule has 0 aliphatic carbocycles. The zero-order valence-corrected chi connectivity index (χ0v) is 16.0. The van der Waals surface area contributed by atoms with Crippen LogP contribution in [0, 0.1) is 5.92 Å². The van der Waals surface area contributed by atoms with E-state index in [9.17, 15) is 0 Å². The Kier molecular flexibility index (Phi) is 7.18. The third-order valence-electron chi connectivity index (χ3n) is 4.76. The maximum Gasteiger partial charge on any atom is 0.166 e. The molecule has 0 bridgehead atoms. The molecule has 0 radical (unpaired) electrons. The molecule has 0 amide bonds. The van der Waals surface area contributed by atoms with Gasteiger partial charge in [-0.2, -0.15) is 0 Å². The summed E-state index contributed by atoms with van der Waals surface area (Å²) in [6.45, 7) is 4.51. The SMILES string of the molecule is COc1cccc(CNCC2CCNCC2)c1OCc1cccc(Cl)c1. The van der Waals surface area contributed by atoms with E-state index in [1.165, 1.54) is 12.8 Å². The molecule has 4 nitrogen and oxygen atoms in total. The number of rotatable bonds is 8. The fourth-order valence-electron chi connectivity index (χ4n) is 3.30. The molecule has 140 valence electrons. The molecule has 1 fully saturated rings. The van der Waals surface area contributed by atoms with Crippen LogP contribution < -0.4 is 20.1 Å². The van der Waals surface area contributed by atoms with Crippen molar-refractivity contribution >= 4 is 11.6 Å². The molecule has 0 saturated carbocycles. The van der Waals surface area contributed by atoms with Crippen molar-refractivity contribution in [3.8, 4) is 11.5 Å². The summed E-state index contributed by atoms with van der Waals surface area (Å²) in [5, 5.41) is 7.71. The van der Waals surface area contributed by atoms with E-state index in [2.05, 4.69) is 16.7 Å². The molecule has 2 N–H and O–H groups in total. The summed E-state index contributed by atoms with van der Waals surface area (Å²) in [4.78, 5) is 0. The highest BCUT2D eigenvalue weighted by atomic mass is 35.5. The van der Waals surface area contributed by atoms with Crippen LogP contribution in [0.1, 0.15) is 24.0 Å². The summed E-state index contributed by atoms with van der Waals surface area (Å²) < 4.78 is 11.6. The maximum absolute atomic E-state index is 6.11. The number of ether oxygens (including phenoxy) is 2. The van der Waals surface area contributed by atoms with Gasteiger partial charge >= 0.3 is 0 Å². The second kappa shape index (κ2) is 9.81. The van der Waals surface area contributed by atoms with Gasteiger partial charge < -0.3 is 20.1 Å². The van der Waals surface area contributed by atoms with Crippen LogP contribution in [0.25, 0.3) is 0 Å². The van der Waals surface area contributed by atoms with E-state index >= 15 is 0 Å². The average Bonchev–Trinajstić information content (AvgIpc) is 2.67. The molecule has 2 aromatic carbocycles. The van der Waals surface area contributed by atoms with E-state index in [1.807, 2.05) is 36.4 Å². The number of benzene rings is 2. The number of methoxy groups -OCH3 is 1. The standard InChI is InChI=1S/C21H27ClN2O2/c1-25-20-7-3-5-18(14-24-13-16-8-10-23-11-9-16)21(20)26-15-17-4-2-6-19(22)12-17/h2-7,12,16,23-24H,8-11,13-15H2,1H3. The van der Waals surface area contributed by atoms with Gasteiger partial charge in [0, 0.05) is 17.1 Å². The Labute approximate surface area is 160 Å². The van der Waals surface area contributed by atoms with Gasteiger partial charge in [0.15, 0.2) is 11.5 Å². The number of hydrogen-bond acceptors (Lipinski definition) is 4. The number of piperidine rings is 1. The van der Waals surface area contributed by atoms with Crippen molar-refractivity contribution in [1.82, 2.24) is 10.6 Å². The van der Waals surface area contributed by atoms with Gasteiger partial charge in [-0.3, -0.25) is 0 Å². The topological polar surface area (TPSA) is 42.5 Å². The molecule has 5 heteroatoms. The fourth-order valence-corrected chi connectivity index (χ4v) is 3.52. The van der Waals surface area contributed by atoms with Crippen LogP contribution in [0.4, 0.5) is 0 Å². The lowest BCUT2D eigenvalue weighted by molar-refractivity contribution is 0.280. The molecular formula is C21H27ClN2O2. The molecule has 0 spiro atoms. The van der Waals surface area contributed by atoms with E-state index in [-0.39, 0.29) is 0 Å². The summed E-state index contributed by atoms with van der Waals surface area (Å²) in [6.07, 6.45) is 2.48. The van der Waals surface area contributed by atoms with Gasteiger partial charge in [0.2, 0.25) is 0 Å². The Hall–Kier alpha value is -1.75. The smallest absolute Gasteiger partial charge is 0.166 e. The van der Waals surface area contributed by atoms with Crippen LogP contribution in [0.2, 0.25) is 5.02 Å². The van der Waals surface area contributed by atoms with Gasteiger partial charge in [-0.1, -0.05) is 35.9 Å². The highest BCUT2D eigenvalue weighted by Gasteiger charge is 2.14. The third-order valence-corrected chi connectivity index (χ3v) is 4.99. The summed E-state index contributed by atoms with van der Waals surface area (Å²) in [5.41, 5.74) is 2.15. The second-order valence-corrected chi connectivity index (χ2v) is 7.13. The molecule has 26 heavy (non-hydrogen) atoms. The lowest BCUT2D eigenvalue weighted by Gasteiger charge is -2.23. The van der Waals surface area contributed by atoms with Crippen LogP contribution in [-0.2, 0) is 13.2 Å². The first-order chi connectivity index (χ1) is 12.8. The largest absolute Gasteiger partial charge is 0.493 e. The zero-order chi connectivity index (χ0) is 18.2. The Bertz CT molecular complexity index is 702. The van der Waals surface area contributed by atoms with E-state index in [0.29, 0.717) is 6.61 Å². The Balaban J connectivity index is 1.63. The number of halogens is 1. The van der Waals surface area contributed by atoms with Crippen molar-refractivity contribution in [3.63, 3.8) is 0 Å². The first-order valence-corrected chi connectivity index (χ1v) is 9.58. The normalized spacial score (nSPS) is 15.0. The van der Waals surface area contributed by atoms with Crippen molar-refractivity contribution in [2.75, 3.05) is 26.7 Å². The second-order valence-electron chi connectivity index (χ2n) is 6.69. The van der Waals surface area contributed by atoms with Crippen LogP contribution >= 0.6 is 11.6 Å². The van der Waals surface area contributed by atoms with E-state index < -0.39 is 0 Å². The van der Waals surface area contributed by atoms with Crippen molar-refractivity contribution in [3.05, 3.63) is 58.6 Å². The highest BCUT2D eigenvalue weighted by Crippen LogP contribution is 2.32. The van der Waals surface area contributed by atoms with Crippen molar-refractivity contribution in [1.29, 1.82) is 0 Å². The summed E-state index contributed by atoms with van der Waals surface area (Å²) in [6, 6.07) is 13.8. The summed E-state index contributed by atoms with van der Waals surface area (Å²) in [7, 11) is 1.67. The summed E-state index contributed by atoms with van der Waals surface area (Å²) >= 11 is 6.06. The third kappa shape index (κ3) is 5.37. The minimum Gasteiger partial charge on any atom is -0.493 e. The maximum atomic E-state index is 6.11. The number of para-hydroxylation sites is 1. The van der Waals surface area contributed by atoms with Crippen molar-refractivity contribution in [2.24, 2.45) is 5.92 Å². The summed E-state index contributed by atoms with van der Waals surface area (Å²) in [5.74, 6) is 2.30. The zero-order valence-electron chi connectivity index (χ0n) is 15.3. The van der Waals surface area contributed by atoms with E-state index in [0.717, 1.165) is 59.7 Å². The van der Waals surface area contributed by atoms with Crippen LogP contribution in [0.5, 0.6) is 11.5 Å². The predicted octanol–water partition coefficient (Wildman–Crippen LogP) is 4.02. The Morgan fingerprint density at radius 1 is 1.15 bits per heavy atom. The first-order valence-electron chi connectivity index (χ1n) is 9.21. The van der Waals surface area contributed by atoms with Crippen LogP contribution in [0.15, 0.2) is 42.5 Å². The quantitative estimate of drug-likeness (QED) is 0.732. The molecule has 1 aliphatic rings. The van der Waals surface area contributed by atoms with Gasteiger partial charge in [-0.05, 0) is 62.2 Å². The molecule has 0 aromatic heterocycles. The molecule has 0 unspecified atom stereocenters. The minimum absolute atomic E-state index is 0.461. The minimum atomic E-state index is 0.461. The fraction of sp³-hybridized carbons (Fsp3) is 0.429.